The maximum Gasteiger partial charge on any atom is 0.419 e. The molecule has 0 radical (unpaired) electrons. The van der Waals surface area contributed by atoms with Crippen molar-refractivity contribution < 1.29 is 22.3 Å². The van der Waals surface area contributed by atoms with Crippen molar-refractivity contribution in [3.63, 3.8) is 0 Å². The SMILES string of the molecule is CCCCCc1ccc(C2CCC(c3ccc(CCC)c(F)c3C(F)(F)F)CO2)cc1. The molecule has 0 amide bonds. The van der Waals surface area contributed by atoms with Crippen molar-refractivity contribution in [2.45, 2.75) is 83.4 Å². The number of halogens is 4. The molecule has 0 spiro atoms. The molecule has 31 heavy (non-hydrogen) atoms. The van der Waals surface area contributed by atoms with Gasteiger partial charge in [-0.15, -0.1) is 0 Å². The molecule has 5 heteroatoms. The van der Waals surface area contributed by atoms with E-state index in [9.17, 15) is 17.6 Å². The molecule has 3 rings (SSSR count). The monoisotopic (exact) mass is 436 g/mol. The van der Waals surface area contributed by atoms with Gasteiger partial charge in [-0.05, 0) is 54.4 Å². The summed E-state index contributed by atoms with van der Waals surface area (Å²) in [6.07, 6.45) is 1.85. The second-order valence-corrected chi connectivity index (χ2v) is 8.55. The lowest BCUT2D eigenvalue weighted by molar-refractivity contribution is -0.141. The van der Waals surface area contributed by atoms with Crippen LogP contribution in [-0.4, -0.2) is 6.61 Å². The third kappa shape index (κ3) is 5.88. The van der Waals surface area contributed by atoms with Gasteiger partial charge in [0, 0.05) is 5.92 Å². The Bertz CT molecular complexity index is 834. The molecule has 1 aliphatic heterocycles. The van der Waals surface area contributed by atoms with E-state index in [1.54, 1.807) is 0 Å². The van der Waals surface area contributed by atoms with Crippen LogP contribution >= 0.6 is 0 Å². The first kappa shape index (κ1) is 23.8. The molecule has 0 aromatic heterocycles. The number of benzene rings is 2. The Hall–Kier alpha value is -1.88. The summed E-state index contributed by atoms with van der Waals surface area (Å²) in [5, 5.41) is 0. The third-order valence-electron chi connectivity index (χ3n) is 6.19. The molecule has 1 aliphatic rings. The van der Waals surface area contributed by atoms with E-state index in [0.717, 1.165) is 12.0 Å². The summed E-state index contributed by atoms with van der Waals surface area (Å²) < 4.78 is 61.7. The first-order chi connectivity index (χ1) is 14.8. The summed E-state index contributed by atoms with van der Waals surface area (Å²) in [5.41, 5.74) is 1.39. The number of unbranched alkanes of at least 4 members (excludes halogenated alkanes) is 2. The molecular formula is C26H32F4O. The average molecular weight is 437 g/mol. The summed E-state index contributed by atoms with van der Waals surface area (Å²) >= 11 is 0. The van der Waals surface area contributed by atoms with Crippen molar-refractivity contribution in [2.75, 3.05) is 6.61 Å². The molecule has 0 N–H and O–H groups in total. The molecule has 170 valence electrons. The number of ether oxygens (including phenoxy) is 1. The van der Waals surface area contributed by atoms with Crippen LogP contribution in [0.5, 0.6) is 0 Å². The topological polar surface area (TPSA) is 9.23 Å². The summed E-state index contributed by atoms with van der Waals surface area (Å²) in [5.74, 6) is -1.57. The maximum atomic E-state index is 14.7. The number of hydrogen-bond acceptors (Lipinski definition) is 1. The molecule has 0 aliphatic carbocycles. The Morgan fingerprint density at radius 1 is 0.903 bits per heavy atom. The minimum atomic E-state index is -4.71. The first-order valence-electron chi connectivity index (χ1n) is 11.4. The van der Waals surface area contributed by atoms with Gasteiger partial charge in [0.2, 0.25) is 0 Å². The maximum absolute atomic E-state index is 14.7. The summed E-state index contributed by atoms with van der Waals surface area (Å²) in [7, 11) is 0. The molecule has 2 unspecified atom stereocenters. The van der Waals surface area contributed by atoms with Crippen molar-refractivity contribution in [3.8, 4) is 0 Å². The lowest BCUT2D eigenvalue weighted by atomic mass is 9.85. The standard InChI is InChI=1S/C26H32F4O/c1-3-5-6-8-18-9-11-19(12-10-18)23-16-14-21(17-31-23)22-15-13-20(7-4-2)25(27)24(22)26(28,29)30/h9-13,15,21,23H,3-8,14,16-17H2,1-2H3. The Balaban J connectivity index is 1.70. The molecule has 1 nitrogen and oxygen atoms in total. The van der Waals surface area contributed by atoms with E-state index in [1.807, 2.05) is 6.92 Å². The van der Waals surface area contributed by atoms with Crippen molar-refractivity contribution in [1.82, 2.24) is 0 Å². The van der Waals surface area contributed by atoms with Gasteiger partial charge in [-0.3, -0.25) is 0 Å². The summed E-state index contributed by atoms with van der Waals surface area (Å²) in [6.45, 7) is 4.18. The number of rotatable bonds is 8. The van der Waals surface area contributed by atoms with Gasteiger partial charge < -0.3 is 4.74 Å². The lowest BCUT2D eigenvalue weighted by Crippen LogP contribution is -2.23. The molecule has 2 aromatic carbocycles. The van der Waals surface area contributed by atoms with Crippen LogP contribution < -0.4 is 0 Å². The predicted octanol–water partition coefficient (Wildman–Crippen LogP) is 8.17. The average Bonchev–Trinajstić information content (AvgIpc) is 2.75. The lowest BCUT2D eigenvalue weighted by Gasteiger charge is -2.31. The highest BCUT2D eigenvalue weighted by molar-refractivity contribution is 5.39. The summed E-state index contributed by atoms with van der Waals surface area (Å²) in [6, 6.07) is 11.3. The fourth-order valence-corrected chi connectivity index (χ4v) is 4.46. The van der Waals surface area contributed by atoms with Gasteiger partial charge in [-0.1, -0.05) is 69.5 Å². The van der Waals surface area contributed by atoms with Gasteiger partial charge in [0.05, 0.1) is 18.3 Å². The molecule has 0 saturated carbocycles. The van der Waals surface area contributed by atoms with Crippen LogP contribution in [0.1, 0.15) is 92.2 Å². The summed E-state index contributed by atoms with van der Waals surface area (Å²) in [4.78, 5) is 0. The highest BCUT2D eigenvalue weighted by Gasteiger charge is 2.40. The zero-order valence-corrected chi connectivity index (χ0v) is 18.4. The molecule has 2 atom stereocenters. The normalized spacial score (nSPS) is 19.5. The van der Waals surface area contributed by atoms with E-state index >= 15 is 0 Å². The number of hydrogen-bond donors (Lipinski definition) is 0. The van der Waals surface area contributed by atoms with E-state index < -0.39 is 23.5 Å². The zero-order chi connectivity index (χ0) is 22.4. The number of aryl methyl sites for hydroxylation is 2. The molecule has 2 aromatic rings. The third-order valence-corrected chi connectivity index (χ3v) is 6.19. The van der Waals surface area contributed by atoms with Crippen LogP contribution in [0.3, 0.4) is 0 Å². The van der Waals surface area contributed by atoms with E-state index in [-0.39, 0.29) is 23.8 Å². The minimum Gasteiger partial charge on any atom is -0.373 e. The van der Waals surface area contributed by atoms with Gasteiger partial charge in [0.15, 0.2) is 0 Å². The van der Waals surface area contributed by atoms with E-state index in [2.05, 4.69) is 31.2 Å². The Morgan fingerprint density at radius 3 is 2.23 bits per heavy atom. The van der Waals surface area contributed by atoms with Crippen LogP contribution in [0.2, 0.25) is 0 Å². The van der Waals surface area contributed by atoms with Gasteiger partial charge in [0.1, 0.15) is 5.82 Å². The smallest absolute Gasteiger partial charge is 0.373 e. The van der Waals surface area contributed by atoms with E-state index in [1.165, 1.54) is 37.0 Å². The van der Waals surface area contributed by atoms with Crippen LogP contribution in [0.25, 0.3) is 0 Å². The van der Waals surface area contributed by atoms with Crippen LogP contribution in [0.15, 0.2) is 36.4 Å². The van der Waals surface area contributed by atoms with Gasteiger partial charge in [-0.2, -0.15) is 13.2 Å². The van der Waals surface area contributed by atoms with Crippen molar-refractivity contribution in [1.29, 1.82) is 0 Å². The highest BCUT2D eigenvalue weighted by atomic mass is 19.4. The van der Waals surface area contributed by atoms with Crippen LogP contribution in [0, 0.1) is 5.82 Å². The number of alkyl halides is 3. The second-order valence-electron chi connectivity index (χ2n) is 8.55. The van der Waals surface area contributed by atoms with Crippen LogP contribution in [-0.2, 0) is 23.8 Å². The molecular weight excluding hydrogens is 404 g/mol. The van der Waals surface area contributed by atoms with Crippen molar-refractivity contribution in [3.05, 3.63) is 70.0 Å². The van der Waals surface area contributed by atoms with E-state index in [4.69, 9.17) is 4.74 Å². The van der Waals surface area contributed by atoms with Gasteiger partial charge >= 0.3 is 6.18 Å². The first-order valence-corrected chi connectivity index (χ1v) is 11.4. The predicted molar refractivity (Wildman–Crippen MR) is 116 cm³/mol. The molecule has 1 fully saturated rings. The van der Waals surface area contributed by atoms with Crippen molar-refractivity contribution >= 4 is 0 Å². The fourth-order valence-electron chi connectivity index (χ4n) is 4.46. The van der Waals surface area contributed by atoms with Gasteiger partial charge in [-0.25, -0.2) is 4.39 Å². The van der Waals surface area contributed by atoms with Gasteiger partial charge in [0.25, 0.3) is 0 Å². The zero-order valence-electron chi connectivity index (χ0n) is 18.4. The molecule has 1 heterocycles. The largest absolute Gasteiger partial charge is 0.419 e. The highest BCUT2D eigenvalue weighted by Crippen LogP contribution is 2.43. The Labute approximate surface area is 182 Å². The Morgan fingerprint density at radius 2 is 1.65 bits per heavy atom. The molecule has 1 saturated heterocycles. The van der Waals surface area contributed by atoms with Crippen LogP contribution in [0.4, 0.5) is 17.6 Å². The molecule has 0 bridgehead atoms. The van der Waals surface area contributed by atoms with Crippen molar-refractivity contribution in [2.24, 2.45) is 0 Å². The fraction of sp³-hybridized carbons (Fsp3) is 0.538. The Kier molecular flexibility index (Phi) is 8.15. The minimum absolute atomic E-state index is 0.0228. The van der Waals surface area contributed by atoms with E-state index in [0.29, 0.717) is 25.7 Å². The quantitative estimate of drug-likeness (QED) is 0.300. The second kappa shape index (κ2) is 10.6.